The van der Waals surface area contributed by atoms with Gasteiger partial charge in [-0.25, -0.2) is 0 Å². The summed E-state index contributed by atoms with van der Waals surface area (Å²) in [7, 11) is 3.10. The molecule has 1 saturated heterocycles. The predicted octanol–water partition coefficient (Wildman–Crippen LogP) is 2.54. The topological polar surface area (TPSA) is 89.1 Å². The van der Waals surface area contributed by atoms with Crippen LogP contribution in [0.15, 0.2) is 36.4 Å². The first-order valence-corrected chi connectivity index (χ1v) is 9.75. The van der Waals surface area contributed by atoms with Crippen LogP contribution in [0, 0.1) is 6.92 Å². The molecule has 2 aromatic carbocycles. The molecule has 0 aliphatic carbocycles. The van der Waals surface area contributed by atoms with Crippen LogP contribution in [0.4, 0.5) is 11.4 Å². The summed E-state index contributed by atoms with van der Waals surface area (Å²) in [5.74, 6) is 0.822. The van der Waals surface area contributed by atoms with E-state index in [4.69, 9.17) is 14.2 Å². The number of methoxy groups -OCH3 is 2. The van der Waals surface area contributed by atoms with Crippen molar-refractivity contribution in [3.63, 3.8) is 0 Å². The summed E-state index contributed by atoms with van der Waals surface area (Å²) in [6.07, 6.45) is 0. The molecular formula is C22H27N3O5. The van der Waals surface area contributed by atoms with E-state index in [1.54, 1.807) is 37.3 Å². The van der Waals surface area contributed by atoms with E-state index in [-0.39, 0.29) is 18.4 Å². The molecule has 8 nitrogen and oxygen atoms in total. The van der Waals surface area contributed by atoms with Gasteiger partial charge in [-0.05, 0) is 42.8 Å². The summed E-state index contributed by atoms with van der Waals surface area (Å²) >= 11 is 0. The van der Waals surface area contributed by atoms with Crippen molar-refractivity contribution in [3.8, 4) is 11.5 Å². The first-order valence-electron chi connectivity index (χ1n) is 9.75. The van der Waals surface area contributed by atoms with Crippen molar-refractivity contribution < 1.29 is 23.8 Å². The number of carbonyl (C=O) groups excluding carboxylic acids is 2. The Labute approximate surface area is 176 Å². The number of morpholine rings is 1. The lowest BCUT2D eigenvalue weighted by Crippen LogP contribution is -2.40. The molecule has 2 N–H and O–H groups in total. The molecule has 2 aromatic rings. The quantitative estimate of drug-likeness (QED) is 0.725. The van der Waals surface area contributed by atoms with E-state index < -0.39 is 0 Å². The molecule has 2 amide bonds. The Morgan fingerprint density at radius 1 is 1.00 bits per heavy atom. The monoisotopic (exact) mass is 413 g/mol. The third kappa shape index (κ3) is 5.21. The van der Waals surface area contributed by atoms with Crippen molar-refractivity contribution in [3.05, 3.63) is 47.5 Å². The van der Waals surface area contributed by atoms with Gasteiger partial charge in [-0.1, -0.05) is 6.07 Å². The molecule has 0 bridgehead atoms. The van der Waals surface area contributed by atoms with Crippen LogP contribution in [0.2, 0.25) is 0 Å². The average molecular weight is 413 g/mol. The van der Waals surface area contributed by atoms with Gasteiger partial charge in [0.25, 0.3) is 5.91 Å². The van der Waals surface area contributed by atoms with Gasteiger partial charge in [-0.3, -0.25) is 9.59 Å². The predicted molar refractivity (Wildman–Crippen MR) is 115 cm³/mol. The number of rotatable bonds is 7. The molecule has 1 aliphatic heterocycles. The minimum absolute atomic E-state index is 0.00263. The highest BCUT2D eigenvalue weighted by Crippen LogP contribution is 2.27. The zero-order chi connectivity index (χ0) is 21.5. The second-order valence-corrected chi connectivity index (χ2v) is 6.93. The van der Waals surface area contributed by atoms with Crippen LogP contribution in [0.1, 0.15) is 15.9 Å². The Kier molecular flexibility index (Phi) is 7.13. The largest absolute Gasteiger partial charge is 0.495 e. The van der Waals surface area contributed by atoms with Crippen LogP contribution in [-0.4, -0.2) is 63.8 Å². The molecule has 0 aromatic heterocycles. The number of amides is 2. The van der Waals surface area contributed by atoms with Gasteiger partial charge in [0.15, 0.2) is 0 Å². The van der Waals surface area contributed by atoms with E-state index >= 15 is 0 Å². The van der Waals surface area contributed by atoms with Crippen LogP contribution in [0.25, 0.3) is 0 Å². The number of hydrogen-bond acceptors (Lipinski definition) is 6. The Hall–Kier alpha value is -3.26. The maximum Gasteiger partial charge on any atom is 0.254 e. The van der Waals surface area contributed by atoms with Gasteiger partial charge in [-0.15, -0.1) is 0 Å². The first kappa shape index (κ1) is 21.4. The number of carbonyl (C=O) groups is 2. The minimum Gasteiger partial charge on any atom is -0.495 e. The summed E-state index contributed by atoms with van der Waals surface area (Å²) < 4.78 is 16.0. The minimum atomic E-state index is -0.245. The molecule has 0 spiro atoms. The molecular weight excluding hydrogens is 386 g/mol. The molecule has 8 heteroatoms. The Morgan fingerprint density at radius 2 is 1.67 bits per heavy atom. The fourth-order valence-corrected chi connectivity index (χ4v) is 3.22. The molecule has 3 rings (SSSR count). The van der Waals surface area contributed by atoms with Gasteiger partial charge in [0.1, 0.15) is 11.5 Å². The van der Waals surface area contributed by atoms with Crippen molar-refractivity contribution >= 4 is 23.2 Å². The van der Waals surface area contributed by atoms with Crippen molar-refractivity contribution in [1.29, 1.82) is 0 Å². The standard InChI is InChI=1S/C22H27N3O5/c1-15-4-6-20(29-3)18(12-15)24-21(26)14-23-17-13-16(5-7-19(17)28-2)22(27)25-8-10-30-11-9-25/h4-7,12-13,23H,8-11,14H2,1-3H3,(H,24,26). The molecule has 0 radical (unpaired) electrons. The van der Waals surface area contributed by atoms with E-state index in [0.717, 1.165) is 5.56 Å². The van der Waals surface area contributed by atoms with Gasteiger partial charge in [0, 0.05) is 18.7 Å². The van der Waals surface area contributed by atoms with E-state index in [2.05, 4.69) is 10.6 Å². The molecule has 160 valence electrons. The Bertz CT molecular complexity index is 910. The number of benzene rings is 2. The third-order valence-electron chi connectivity index (χ3n) is 4.81. The number of aryl methyl sites for hydroxylation is 1. The third-order valence-corrected chi connectivity index (χ3v) is 4.81. The summed E-state index contributed by atoms with van der Waals surface area (Å²) in [5, 5.41) is 5.90. The fourth-order valence-electron chi connectivity index (χ4n) is 3.22. The van der Waals surface area contributed by atoms with E-state index in [1.807, 2.05) is 25.1 Å². The lowest BCUT2D eigenvalue weighted by Gasteiger charge is -2.27. The van der Waals surface area contributed by atoms with Crippen molar-refractivity contribution in [2.75, 3.05) is 57.7 Å². The smallest absolute Gasteiger partial charge is 0.254 e. The average Bonchev–Trinajstić information content (AvgIpc) is 2.77. The number of nitrogens with one attached hydrogen (secondary N) is 2. The number of hydrogen-bond donors (Lipinski definition) is 2. The van der Waals surface area contributed by atoms with Crippen LogP contribution in [0.5, 0.6) is 11.5 Å². The Morgan fingerprint density at radius 3 is 2.37 bits per heavy atom. The summed E-state index contributed by atoms with van der Waals surface area (Å²) in [4.78, 5) is 27.0. The van der Waals surface area contributed by atoms with E-state index in [0.29, 0.717) is 54.7 Å². The van der Waals surface area contributed by atoms with Crippen molar-refractivity contribution in [2.45, 2.75) is 6.92 Å². The van der Waals surface area contributed by atoms with Gasteiger partial charge < -0.3 is 29.7 Å². The van der Waals surface area contributed by atoms with E-state index in [1.165, 1.54) is 0 Å². The Balaban J connectivity index is 1.68. The number of nitrogens with zero attached hydrogens (tertiary/aromatic N) is 1. The summed E-state index contributed by atoms with van der Waals surface area (Å²) in [5.41, 5.74) is 2.71. The molecule has 0 unspecified atom stereocenters. The van der Waals surface area contributed by atoms with Crippen molar-refractivity contribution in [2.24, 2.45) is 0 Å². The maximum absolute atomic E-state index is 12.7. The maximum atomic E-state index is 12.7. The second-order valence-electron chi connectivity index (χ2n) is 6.93. The molecule has 1 fully saturated rings. The SMILES string of the molecule is COc1ccc(C(=O)N2CCOCC2)cc1NCC(=O)Nc1cc(C)ccc1OC. The lowest BCUT2D eigenvalue weighted by molar-refractivity contribution is -0.114. The highest BCUT2D eigenvalue weighted by Gasteiger charge is 2.20. The number of ether oxygens (including phenoxy) is 3. The van der Waals surface area contributed by atoms with Crippen molar-refractivity contribution in [1.82, 2.24) is 4.90 Å². The van der Waals surface area contributed by atoms with Gasteiger partial charge in [0.2, 0.25) is 5.91 Å². The first-order chi connectivity index (χ1) is 14.5. The number of anilines is 2. The highest BCUT2D eigenvalue weighted by atomic mass is 16.5. The molecule has 30 heavy (non-hydrogen) atoms. The van der Waals surface area contributed by atoms with Crippen LogP contribution in [-0.2, 0) is 9.53 Å². The molecule has 1 heterocycles. The fraction of sp³-hybridized carbons (Fsp3) is 0.364. The van der Waals surface area contributed by atoms with Gasteiger partial charge in [-0.2, -0.15) is 0 Å². The summed E-state index contributed by atoms with van der Waals surface area (Å²) in [6.45, 7) is 4.14. The van der Waals surface area contributed by atoms with Gasteiger partial charge in [0.05, 0.1) is 45.4 Å². The normalized spacial score (nSPS) is 13.5. The van der Waals surface area contributed by atoms with Crippen LogP contribution >= 0.6 is 0 Å². The molecule has 0 saturated carbocycles. The van der Waals surface area contributed by atoms with Crippen LogP contribution in [0.3, 0.4) is 0 Å². The zero-order valence-electron chi connectivity index (χ0n) is 17.5. The second kappa shape index (κ2) is 9.98. The van der Waals surface area contributed by atoms with E-state index in [9.17, 15) is 9.59 Å². The summed E-state index contributed by atoms with van der Waals surface area (Å²) in [6, 6.07) is 10.7. The van der Waals surface area contributed by atoms with Crippen LogP contribution < -0.4 is 20.1 Å². The molecule has 0 atom stereocenters. The molecule has 1 aliphatic rings. The highest BCUT2D eigenvalue weighted by molar-refractivity contribution is 5.97. The zero-order valence-corrected chi connectivity index (χ0v) is 17.5. The van der Waals surface area contributed by atoms with Gasteiger partial charge >= 0.3 is 0 Å². The lowest BCUT2D eigenvalue weighted by atomic mass is 10.1.